The number of pyridine rings is 1. The van der Waals surface area contributed by atoms with Crippen LogP contribution in [0.15, 0.2) is 47.0 Å². The predicted octanol–water partition coefficient (Wildman–Crippen LogP) is 3.31. The van der Waals surface area contributed by atoms with Crippen LogP contribution in [-0.2, 0) is 9.53 Å². The van der Waals surface area contributed by atoms with E-state index in [4.69, 9.17) is 9.15 Å². The van der Waals surface area contributed by atoms with Gasteiger partial charge in [-0.25, -0.2) is 4.98 Å². The van der Waals surface area contributed by atoms with E-state index in [-0.39, 0.29) is 17.8 Å². The number of nitrogens with zero attached hydrogens (tertiary/aromatic N) is 3. The molecule has 1 unspecified atom stereocenters. The van der Waals surface area contributed by atoms with E-state index in [1.54, 1.807) is 36.2 Å². The summed E-state index contributed by atoms with van der Waals surface area (Å²) in [6.07, 6.45) is 3.20. The van der Waals surface area contributed by atoms with Crippen LogP contribution in [0, 0.1) is 5.92 Å². The Hall–Kier alpha value is -3.22. The van der Waals surface area contributed by atoms with Crippen LogP contribution in [0.2, 0.25) is 0 Å². The number of aromatic nitrogens is 2. The van der Waals surface area contributed by atoms with Crippen molar-refractivity contribution in [2.24, 2.45) is 5.92 Å². The Balaban J connectivity index is 1.55. The molecule has 3 heterocycles. The standard InChI is InChI=1S/C21H21N3O4/c1-2-27-21(26)15-6-5-11-24(13-15)20(25)14-8-9-16-18(12-14)28-19(23-16)17-7-3-4-10-22-17/h3-4,7-10,12,15H,2,5-6,11,13H2,1H3. The molecule has 4 rings (SSSR count). The highest BCUT2D eigenvalue weighted by molar-refractivity contribution is 5.97. The first-order valence-corrected chi connectivity index (χ1v) is 9.43. The number of carbonyl (C=O) groups is 2. The van der Waals surface area contributed by atoms with Gasteiger partial charge in [0.2, 0.25) is 5.89 Å². The van der Waals surface area contributed by atoms with E-state index in [9.17, 15) is 9.59 Å². The summed E-state index contributed by atoms with van der Waals surface area (Å²) in [7, 11) is 0. The van der Waals surface area contributed by atoms with Gasteiger partial charge in [0, 0.05) is 24.8 Å². The van der Waals surface area contributed by atoms with Gasteiger partial charge < -0.3 is 14.1 Å². The van der Waals surface area contributed by atoms with E-state index in [2.05, 4.69) is 9.97 Å². The minimum absolute atomic E-state index is 0.119. The molecule has 2 aromatic heterocycles. The highest BCUT2D eigenvalue weighted by atomic mass is 16.5. The lowest BCUT2D eigenvalue weighted by Gasteiger charge is -2.31. The predicted molar refractivity (Wildman–Crippen MR) is 103 cm³/mol. The molecule has 0 saturated carbocycles. The van der Waals surface area contributed by atoms with Gasteiger partial charge in [-0.3, -0.25) is 14.6 Å². The van der Waals surface area contributed by atoms with E-state index in [1.165, 1.54) is 0 Å². The van der Waals surface area contributed by atoms with Gasteiger partial charge in [-0.2, -0.15) is 0 Å². The molecule has 0 bridgehead atoms. The normalized spacial score (nSPS) is 16.9. The van der Waals surface area contributed by atoms with Crippen LogP contribution < -0.4 is 0 Å². The fourth-order valence-electron chi connectivity index (χ4n) is 3.45. The fourth-order valence-corrected chi connectivity index (χ4v) is 3.45. The molecule has 1 aromatic carbocycles. The zero-order chi connectivity index (χ0) is 19.5. The lowest BCUT2D eigenvalue weighted by Crippen LogP contribution is -2.42. The average Bonchev–Trinajstić information content (AvgIpc) is 3.17. The van der Waals surface area contributed by atoms with Crippen LogP contribution >= 0.6 is 0 Å². The number of benzene rings is 1. The molecule has 0 radical (unpaired) electrons. The second-order valence-electron chi connectivity index (χ2n) is 6.76. The number of oxazole rings is 1. The van der Waals surface area contributed by atoms with E-state index < -0.39 is 0 Å². The number of hydrogen-bond acceptors (Lipinski definition) is 6. The third-order valence-electron chi connectivity index (χ3n) is 4.85. The third-order valence-corrected chi connectivity index (χ3v) is 4.85. The molecule has 1 fully saturated rings. The molecule has 7 heteroatoms. The molecule has 7 nitrogen and oxygen atoms in total. The largest absolute Gasteiger partial charge is 0.466 e. The zero-order valence-electron chi connectivity index (χ0n) is 15.6. The van der Waals surface area contributed by atoms with Crippen molar-refractivity contribution in [3.8, 4) is 11.6 Å². The first-order valence-electron chi connectivity index (χ1n) is 9.43. The Morgan fingerprint density at radius 2 is 2.18 bits per heavy atom. The van der Waals surface area contributed by atoms with E-state index in [0.29, 0.717) is 47.9 Å². The maximum atomic E-state index is 12.9. The SMILES string of the molecule is CCOC(=O)C1CCCN(C(=O)c2ccc3nc(-c4ccccn4)oc3c2)C1. The highest BCUT2D eigenvalue weighted by Crippen LogP contribution is 2.25. The van der Waals surface area contributed by atoms with Crippen molar-refractivity contribution in [3.63, 3.8) is 0 Å². The smallest absolute Gasteiger partial charge is 0.310 e. The summed E-state index contributed by atoms with van der Waals surface area (Å²) in [4.78, 5) is 35.4. The van der Waals surface area contributed by atoms with Crippen molar-refractivity contribution in [1.82, 2.24) is 14.9 Å². The fraction of sp³-hybridized carbons (Fsp3) is 0.333. The first kappa shape index (κ1) is 18.2. The Morgan fingerprint density at radius 3 is 2.96 bits per heavy atom. The van der Waals surface area contributed by atoms with Crippen LogP contribution in [-0.4, -0.2) is 46.4 Å². The molecule has 1 aliphatic rings. The lowest BCUT2D eigenvalue weighted by atomic mass is 9.97. The van der Waals surface area contributed by atoms with Crippen molar-refractivity contribution in [2.75, 3.05) is 19.7 Å². The van der Waals surface area contributed by atoms with Crippen LogP contribution in [0.1, 0.15) is 30.1 Å². The monoisotopic (exact) mass is 379 g/mol. The van der Waals surface area contributed by atoms with Crippen molar-refractivity contribution >= 4 is 23.0 Å². The van der Waals surface area contributed by atoms with Gasteiger partial charge in [0.05, 0.1) is 12.5 Å². The van der Waals surface area contributed by atoms with E-state index in [1.807, 2.05) is 18.2 Å². The van der Waals surface area contributed by atoms with Crippen LogP contribution in [0.4, 0.5) is 0 Å². The third kappa shape index (κ3) is 3.60. The second kappa shape index (κ2) is 7.80. The number of piperidine rings is 1. The molecule has 28 heavy (non-hydrogen) atoms. The van der Waals surface area contributed by atoms with Gasteiger partial charge in [-0.05, 0) is 50.1 Å². The molecule has 1 saturated heterocycles. The van der Waals surface area contributed by atoms with Crippen molar-refractivity contribution in [1.29, 1.82) is 0 Å². The van der Waals surface area contributed by atoms with Gasteiger partial charge in [-0.15, -0.1) is 0 Å². The lowest BCUT2D eigenvalue weighted by molar-refractivity contribution is -0.149. The first-order chi connectivity index (χ1) is 13.7. The highest BCUT2D eigenvalue weighted by Gasteiger charge is 2.30. The quantitative estimate of drug-likeness (QED) is 0.647. The van der Waals surface area contributed by atoms with Gasteiger partial charge in [0.1, 0.15) is 11.2 Å². The second-order valence-corrected chi connectivity index (χ2v) is 6.76. The molecule has 0 spiro atoms. The summed E-state index contributed by atoms with van der Waals surface area (Å²) in [6.45, 7) is 3.15. The van der Waals surface area contributed by atoms with Gasteiger partial charge in [0.25, 0.3) is 5.91 Å². The topological polar surface area (TPSA) is 85.5 Å². The summed E-state index contributed by atoms with van der Waals surface area (Å²) in [5, 5.41) is 0. The Labute approximate surface area is 162 Å². The maximum absolute atomic E-state index is 12.9. The molecule has 3 aromatic rings. The Kier molecular flexibility index (Phi) is 5.06. The number of esters is 1. The maximum Gasteiger partial charge on any atom is 0.310 e. The molecule has 144 valence electrons. The summed E-state index contributed by atoms with van der Waals surface area (Å²) >= 11 is 0. The van der Waals surface area contributed by atoms with Gasteiger partial charge in [-0.1, -0.05) is 6.07 Å². The molecule has 1 atom stereocenters. The Morgan fingerprint density at radius 1 is 1.29 bits per heavy atom. The zero-order valence-corrected chi connectivity index (χ0v) is 15.6. The summed E-state index contributed by atoms with van der Waals surface area (Å²) in [6, 6.07) is 10.7. The van der Waals surface area contributed by atoms with E-state index in [0.717, 1.165) is 12.8 Å². The van der Waals surface area contributed by atoms with Gasteiger partial charge >= 0.3 is 5.97 Å². The number of amides is 1. The Bertz CT molecular complexity index is 999. The number of likely N-dealkylation sites (tertiary alicyclic amines) is 1. The van der Waals surface area contributed by atoms with Gasteiger partial charge in [0.15, 0.2) is 5.58 Å². The number of carbonyl (C=O) groups excluding carboxylic acids is 2. The van der Waals surface area contributed by atoms with Crippen molar-refractivity contribution < 1.29 is 18.7 Å². The molecule has 0 aliphatic carbocycles. The minimum Gasteiger partial charge on any atom is -0.466 e. The number of fused-ring (bicyclic) bond motifs is 1. The summed E-state index contributed by atoms with van der Waals surface area (Å²) < 4.78 is 10.9. The van der Waals surface area contributed by atoms with Crippen LogP contribution in [0.25, 0.3) is 22.7 Å². The molecule has 1 aliphatic heterocycles. The number of hydrogen-bond donors (Lipinski definition) is 0. The average molecular weight is 379 g/mol. The molecule has 0 N–H and O–H groups in total. The van der Waals surface area contributed by atoms with Crippen LogP contribution in [0.5, 0.6) is 0 Å². The van der Waals surface area contributed by atoms with Crippen molar-refractivity contribution in [3.05, 3.63) is 48.2 Å². The summed E-state index contributed by atoms with van der Waals surface area (Å²) in [5.74, 6) is -0.194. The molecule has 1 amide bonds. The number of rotatable bonds is 4. The van der Waals surface area contributed by atoms with Crippen molar-refractivity contribution in [2.45, 2.75) is 19.8 Å². The van der Waals surface area contributed by atoms with Crippen LogP contribution in [0.3, 0.4) is 0 Å². The van der Waals surface area contributed by atoms with E-state index >= 15 is 0 Å². The number of ether oxygens (including phenoxy) is 1. The summed E-state index contributed by atoms with van der Waals surface area (Å²) in [5.41, 5.74) is 2.35. The minimum atomic E-state index is -0.262. The molecular weight excluding hydrogens is 358 g/mol. The molecular formula is C21H21N3O4.